The number of nitrogens with zero attached hydrogens (tertiary/aromatic N) is 4. The fourth-order valence-electron chi connectivity index (χ4n) is 3.69. The van der Waals surface area contributed by atoms with Crippen LogP contribution in [0.25, 0.3) is 0 Å². The van der Waals surface area contributed by atoms with Crippen LogP contribution >= 0.6 is 0 Å². The summed E-state index contributed by atoms with van der Waals surface area (Å²) >= 11 is 0. The first-order chi connectivity index (χ1) is 11.7. The Morgan fingerprint density at radius 2 is 2.12 bits per heavy atom. The number of rotatable bonds is 4. The zero-order chi connectivity index (χ0) is 16.7. The second kappa shape index (κ2) is 5.92. The number of hydrogen-bond acceptors (Lipinski definition) is 4. The number of aryl methyl sites for hydroxylation is 1. The fourth-order valence-corrected chi connectivity index (χ4v) is 3.69. The monoisotopic (exact) mass is 326 g/mol. The summed E-state index contributed by atoms with van der Waals surface area (Å²) in [5, 5.41) is 8.46. The molecule has 0 radical (unpaired) electrons. The maximum Gasteiger partial charge on any atom is 0.226 e. The van der Waals surface area contributed by atoms with Crippen molar-refractivity contribution in [1.29, 1.82) is 0 Å². The summed E-state index contributed by atoms with van der Waals surface area (Å²) in [5.74, 6) is 3.37. The number of hydrogen-bond donors (Lipinski definition) is 0. The molecule has 6 nitrogen and oxygen atoms in total. The summed E-state index contributed by atoms with van der Waals surface area (Å²) in [6, 6.07) is 8.00. The molecule has 1 aromatic carbocycles. The van der Waals surface area contributed by atoms with Gasteiger partial charge in [-0.15, -0.1) is 10.2 Å². The van der Waals surface area contributed by atoms with E-state index in [4.69, 9.17) is 4.74 Å². The number of para-hydroxylation sites is 1. The third-order valence-corrected chi connectivity index (χ3v) is 5.10. The van der Waals surface area contributed by atoms with E-state index in [0.717, 1.165) is 48.9 Å². The van der Waals surface area contributed by atoms with Crippen LogP contribution in [0.5, 0.6) is 5.75 Å². The Balaban J connectivity index is 1.46. The molecule has 1 fully saturated rings. The Kier molecular flexibility index (Phi) is 3.75. The first kappa shape index (κ1) is 15.2. The molecule has 1 aliphatic heterocycles. The molecule has 1 amide bonds. The third-order valence-electron chi connectivity index (χ3n) is 5.10. The summed E-state index contributed by atoms with van der Waals surface area (Å²) in [6.45, 7) is 4.19. The van der Waals surface area contributed by atoms with Gasteiger partial charge in [-0.25, -0.2) is 0 Å². The lowest BCUT2D eigenvalue weighted by molar-refractivity contribution is -0.134. The molecule has 0 N–H and O–H groups in total. The summed E-state index contributed by atoms with van der Waals surface area (Å²) in [4.78, 5) is 14.8. The van der Waals surface area contributed by atoms with Gasteiger partial charge in [0.1, 0.15) is 11.6 Å². The zero-order valence-corrected chi connectivity index (χ0v) is 14.1. The summed E-state index contributed by atoms with van der Waals surface area (Å²) in [5.41, 5.74) is 1.15. The highest BCUT2D eigenvalue weighted by Gasteiger charge is 2.47. The molecule has 24 heavy (non-hydrogen) atoms. The molecular weight excluding hydrogens is 304 g/mol. The Morgan fingerprint density at radius 1 is 1.29 bits per heavy atom. The molecule has 4 rings (SSSR count). The Bertz CT molecular complexity index is 770. The van der Waals surface area contributed by atoms with Crippen LogP contribution in [-0.4, -0.2) is 39.2 Å². The van der Waals surface area contributed by atoms with Crippen LogP contribution in [0, 0.1) is 5.92 Å². The van der Waals surface area contributed by atoms with Crippen molar-refractivity contribution in [2.45, 2.75) is 38.8 Å². The average molecular weight is 326 g/mol. The number of aromatic nitrogens is 3. The average Bonchev–Trinajstić information content (AvgIpc) is 3.32. The number of benzene rings is 1. The highest BCUT2D eigenvalue weighted by atomic mass is 16.5. The van der Waals surface area contributed by atoms with Gasteiger partial charge in [-0.1, -0.05) is 25.1 Å². The molecule has 1 aliphatic carbocycles. The number of methoxy groups -OCH3 is 1. The molecule has 126 valence electrons. The normalized spacial score (nSPS) is 22.2. The second-order valence-corrected chi connectivity index (χ2v) is 6.49. The number of ether oxygens (including phenoxy) is 1. The maximum absolute atomic E-state index is 12.9. The van der Waals surface area contributed by atoms with Gasteiger partial charge in [-0.05, 0) is 24.0 Å². The van der Waals surface area contributed by atoms with E-state index in [9.17, 15) is 4.79 Å². The largest absolute Gasteiger partial charge is 0.496 e. The SMILES string of the molecule is CCc1nnc2n1CCN(C(=O)C1CC1c1ccccc1OC)C2. The van der Waals surface area contributed by atoms with Crippen molar-refractivity contribution in [3.05, 3.63) is 41.5 Å². The Hall–Kier alpha value is -2.37. The van der Waals surface area contributed by atoms with E-state index in [0.29, 0.717) is 6.54 Å². The van der Waals surface area contributed by atoms with Gasteiger partial charge < -0.3 is 14.2 Å². The second-order valence-electron chi connectivity index (χ2n) is 6.49. The zero-order valence-electron chi connectivity index (χ0n) is 14.1. The molecule has 2 aromatic rings. The van der Waals surface area contributed by atoms with Crippen LogP contribution in [-0.2, 0) is 24.3 Å². The van der Waals surface area contributed by atoms with Gasteiger partial charge in [0.25, 0.3) is 0 Å². The number of amides is 1. The quantitative estimate of drug-likeness (QED) is 0.862. The van der Waals surface area contributed by atoms with Crippen LogP contribution in [0.4, 0.5) is 0 Å². The Labute approximate surface area is 141 Å². The van der Waals surface area contributed by atoms with Crippen LogP contribution in [0.2, 0.25) is 0 Å². The van der Waals surface area contributed by atoms with Gasteiger partial charge in [0.05, 0.1) is 13.7 Å². The van der Waals surface area contributed by atoms with Gasteiger partial charge in [-0.3, -0.25) is 4.79 Å². The first-order valence-electron chi connectivity index (χ1n) is 8.55. The van der Waals surface area contributed by atoms with E-state index in [1.165, 1.54) is 0 Å². The summed E-state index contributed by atoms with van der Waals surface area (Å²) in [6.07, 6.45) is 1.78. The van der Waals surface area contributed by atoms with Crippen molar-refractivity contribution in [2.75, 3.05) is 13.7 Å². The van der Waals surface area contributed by atoms with Crippen molar-refractivity contribution < 1.29 is 9.53 Å². The lowest BCUT2D eigenvalue weighted by Gasteiger charge is -2.28. The molecule has 1 aromatic heterocycles. The highest BCUT2D eigenvalue weighted by molar-refractivity contribution is 5.83. The van der Waals surface area contributed by atoms with Crippen molar-refractivity contribution in [3.8, 4) is 5.75 Å². The number of carbonyl (C=O) groups excluding carboxylic acids is 1. The molecule has 2 heterocycles. The van der Waals surface area contributed by atoms with E-state index in [1.807, 2.05) is 23.1 Å². The molecule has 6 heteroatoms. The molecule has 2 atom stereocenters. The standard InChI is InChI=1S/C18H22N4O2/c1-3-16-19-20-17-11-21(8-9-22(16)17)18(23)14-10-13(14)12-6-4-5-7-15(12)24-2/h4-7,13-14H,3,8-11H2,1-2H3. The molecule has 0 spiro atoms. The molecule has 2 unspecified atom stereocenters. The van der Waals surface area contributed by atoms with Crippen LogP contribution in [0.3, 0.4) is 0 Å². The topological polar surface area (TPSA) is 60.2 Å². The summed E-state index contributed by atoms with van der Waals surface area (Å²) < 4.78 is 7.58. The van der Waals surface area contributed by atoms with E-state index in [2.05, 4.69) is 27.8 Å². The first-order valence-corrected chi connectivity index (χ1v) is 8.55. The van der Waals surface area contributed by atoms with E-state index < -0.39 is 0 Å². The molecular formula is C18H22N4O2. The molecule has 2 aliphatic rings. The molecule has 0 saturated heterocycles. The Morgan fingerprint density at radius 3 is 2.92 bits per heavy atom. The highest BCUT2D eigenvalue weighted by Crippen LogP contribution is 2.51. The van der Waals surface area contributed by atoms with E-state index in [1.54, 1.807) is 7.11 Å². The predicted octanol–water partition coefficient (Wildman–Crippen LogP) is 2.00. The predicted molar refractivity (Wildman–Crippen MR) is 88.7 cm³/mol. The number of fused-ring (bicyclic) bond motifs is 1. The minimum absolute atomic E-state index is 0.0708. The van der Waals surface area contributed by atoms with Gasteiger partial charge in [0.15, 0.2) is 5.82 Å². The lowest BCUT2D eigenvalue weighted by atomic mass is 10.1. The van der Waals surface area contributed by atoms with E-state index in [-0.39, 0.29) is 17.7 Å². The number of carbonyl (C=O) groups is 1. The fraction of sp³-hybridized carbons (Fsp3) is 0.500. The minimum Gasteiger partial charge on any atom is -0.496 e. The van der Waals surface area contributed by atoms with Crippen LogP contribution in [0.15, 0.2) is 24.3 Å². The lowest BCUT2D eigenvalue weighted by Crippen LogP contribution is -2.39. The molecule has 0 bridgehead atoms. The van der Waals surface area contributed by atoms with E-state index >= 15 is 0 Å². The third kappa shape index (κ3) is 2.46. The maximum atomic E-state index is 12.9. The smallest absolute Gasteiger partial charge is 0.226 e. The summed E-state index contributed by atoms with van der Waals surface area (Å²) in [7, 11) is 1.68. The minimum atomic E-state index is 0.0708. The van der Waals surface area contributed by atoms with Gasteiger partial charge >= 0.3 is 0 Å². The van der Waals surface area contributed by atoms with Crippen LogP contribution in [0.1, 0.15) is 36.5 Å². The van der Waals surface area contributed by atoms with Crippen molar-refractivity contribution in [2.24, 2.45) is 5.92 Å². The van der Waals surface area contributed by atoms with Crippen molar-refractivity contribution in [1.82, 2.24) is 19.7 Å². The van der Waals surface area contributed by atoms with Gasteiger partial charge in [-0.2, -0.15) is 0 Å². The molecule has 1 saturated carbocycles. The van der Waals surface area contributed by atoms with Crippen molar-refractivity contribution in [3.63, 3.8) is 0 Å². The van der Waals surface area contributed by atoms with Gasteiger partial charge in [0.2, 0.25) is 5.91 Å². The van der Waals surface area contributed by atoms with Gasteiger partial charge in [0, 0.05) is 25.4 Å². The van der Waals surface area contributed by atoms with Crippen LogP contribution < -0.4 is 4.74 Å². The van der Waals surface area contributed by atoms with Crippen molar-refractivity contribution >= 4 is 5.91 Å².